The van der Waals surface area contributed by atoms with Gasteiger partial charge in [0.05, 0.1) is 5.69 Å². The van der Waals surface area contributed by atoms with E-state index in [1.165, 1.54) is 11.5 Å². The molecule has 0 bridgehead atoms. The Morgan fingerprint density at radius 3 is 2.42 bits per heavy atom. The van der Waals surface area contributed by atoms with E-state index in [0.29, 0.717) is 33.0 Å². The molecule has 172 valence electrons. The van der Waals surface area contributed by atoms with Crippen molar-refractivity contribution >= 4 is 34.7 Å². The number of ether oxygens (including phenoxy) is 1. The van der Waals surface area contributed by atoms with Crippen LogP contribution in [0.1, 0.15) is 55.6 Å². The third-order valence-corrected chi connectivity index (χ3v) is 6.68. The van der Waals surface area contributed by atoms with Crippen LogP contribution in [-0.2, 0) is 5.41 Å². The number of nitriles is 1. The van der Waals surface area contributed by atoms with Gasteiger partial charge in [-0.2, -0.15) is 9.64 Å². The van der Waals surface area contributed by atoms with Gasteiger partial charge in [-0.3, -0.25) is 4.99 Å². The van der Waals surface area contributed by atoms with Crippen molar-refractivity contribution in [3.63, 3.8) is 0 Å². The molecule has 1 aromatic heterocycles. The standard InChI is InChI=1S/C26H29ClN4OS/c1-15(2)24(29-7)30-21-12-17(4)22(13-16(21)3)32-25-20(14-28)23(31-33-25)26(5,6)18-8-10-19(27)11-9-18/h8-13,15H,1-7H3,(H,29,30). The zero-order chi connectivity index (χ0) is 24.3. The molecule has 0 spiro atoms. The molecular formula is C26H29ClN4OS. The SMILES string of the molecule is CN=C(Nc1cc(C)c(Oc2snc(C(C)(C)c3ccc(Cl)cc3)c2C#N)cc1C)C(C)C. The number of halogens is 1. The van der Waals surface area contributed by atoms with Crippen molar-refractivity contribution in [2.75, 3.05) is 12.4 Å². The van der Waals surface area contributed by atoms with Crippen LogP contribution < -0.4 is 10.1 Å². The van der Waals surface area contributed by atoms with Gasteiger partial charge in [-0.15, -0.1) is 0 Å². The highest BCUT2D eigenvalue weighted by atomic mass is 35.5. The summed E-state index contributed by atoms with van der Waals surface area (Å²) >= 11 is 7.26. The third kappa shape index (κ3) is 5.21. The van der Waals surface area contributed by atoms with Crippen molar-refractivity contribution in [1.29, 1.82) is 5.26 Å². The Kier molecular flexibility index (Phi) is 7.46. The van der Waals surface area contributed by atoms with Gasteiger partial charge in [-0.1, -0.05) is 51.4 Å². The molecule has 0 aliphatic heterocycles. The summed E-state index contributed by atoms with van der Waals surface area (Å²) in [6, 6.07) is 14.0. The second-order valence-electron chi connectivity index (χ2n) is 8.86. The molecule has 0 radical (unpaired) electrons. The van der Waals surface area contributed by atoms with Crippen LogP contribution in [0, 0.1) is 31.1 Å². The number of anilines is 1. The van der Waals surface area contributed by atoms with E-state index in [2.05, 4.69) is 34.6 Å². The number of aromatic nitrogens is 1. The van der Waals surface area contributed by atoms with Gasteiger partial charge in [-0.25, -0.2) is 0 Å². The first kappa shape index (κ1) is 24.8. The van der Waals surface area contributed by atoms with Crippen LogP contribution in [0.25, 0.3) is 0 Å². The molecule has 0 saturated carbocycles. The molecule has 33 heavy (non-hydrogen) atoms. The number of hydrogen-bond acceptors (Lipinski definition) is 5. The van der Waals surface area contributed by atoms with Gasteiger partial charge in [0, 0.05) is 40.6 Å². The van der Waals surface area contributed by atoms with Crippen LogP contribution in [0.15, 0.2) is 41.4 Å². The quantitative estimate of drug-likeness (QED) is 0.293. The molecule has 7 heteroatoms. The van der Waals surface area contributed by atoms with E-state index in [-0.39, 0.29) is 0 Å². The van der Waals surface area contributed by atoms with E-state index < -0.39 is 5.41 Å². The van der Waals surface area contributed by atoms with Crippen LogP contribution in [0.3, 0.4) is 0 Å². The summed E-state index contributed by atoms with van der Waals surface area (Å²) in [5, 5.41) is 14.5. The van der Waals surface area contributed by atoms with E-state index in [0.717, 1.165) is 28.2 Å². The van der Waals surface area contributed by atoms with E-state index in [1.54, 1.807) is 7.05 Å². The first-order valence-corrected chi connectivity index (χ1v) is 11.9. The average Bonchev–Trinajstić information content (AvgIpc) is 3.18. The number of amidine groups is 1. The highest BCUT2D eigenvalue weighted by Crippen LogP contribution is 2.41. The smallest absolute Gasteiger partial charge is 0.218 e. The van der Waals surface area contributed by atoms with E-state index in [9.17, 15) is 5.26 Å². The number of nitrogens with zero attached hydrogens (tertiary/aromatic N) is 3. The Morgan fingerprint density at radius 2 is 1.85 bits per heavy atom. The lowest BCUT2D eigenvalue weighted by atomic mass is 9.80. The molecule has 0 amide bonds. The molecular weight excluding hydrogens is 452 g/mol. The molecule has 0 aliphatic carbocycles. The molecule has 0 fully saturated rings. The van der Waals surface area contributed by atoms with Gasteiger partial charge in [-0.05, 0) is 54.8 Å². The Morgan fingerprint density at radius 1 is 1.18 bits per heavy atom. The maximum Gasteiger partial charge on any atom is 0.218 e. The summed E-state index contributed by atoms with van der Waals surface area (Å²) in [6.07, 6.45) is 0. The third-order valence-electron chi connectivity index (χ3n) is 5.71. The predicted octanol–water partition coefficient (Wildman–Crippen LogP) is 7.50. The van der Waals surface area contributed by atoms with Crippen molar-refractivity contribution < 1.29 is 4.74 Å². The van der Waals surface area contributed by atoms with E-state index in [4.69, 9.17) is 16.3 Å². The number of aliphatic imine (C=N–C) groups is 1. The van der Waals surface area contributed by atoms with E-state index >= 15 is 0 Å². The van der Waals surface area contributed by atoms with E-state index in [1.807, 2.05) is 64.1 Å². The van der Waals surface area contributed by atoms with Gasteiger partial charge in [0.1, 0.15) is 23.2 Å². The Balaban J connectivity index is 1.94. The Labute approximate surface area is 205 Å². The largest absolute Gasteiger partial charge is 0.443 e. The first-order chi connectivity index (χ1) is 15.6. The monoisotopic (exact) mass is 480 g/mol. The second kappa shape index (κ2) is 9.94. The van der Waals surface area contributed by atoms with Crippen LogP contribution in [0.5, 0.6) is 10.8 Å². The van der Waals surface area contributed by atoms with Crippen LogP contribution in [0.2, 0.25) is 5.02 Å². The van der Waals surface area contributed by atoms with Gasteiger partial charge < -0.3 is 10.1 Å². The molecule has 3 rings (SSSR count). The van der Waals surface area contributed by atoms with Crippen LogP contribution >= 0.6 is 23.1 Å². The van der Waals surface area contributed by atoms with Crippen molar-refractivity contribution in [2.24, 2.45) is 10.9 Å². The lowest BCUT2D eigenvalue weighted by Crippen LogP contribution is -2.20. The summed E-state index contributed by atoms with van der Waals surface area (Å²) in [4.78, 5) is 4.35. The van der Waals surface area contributed by atoms with Crippen molar-refractivity contribution in [1.82, 2.24) is 4.37 Å². The maximum absolute atomic E-state index is 9.96. The summed E-state index contributed by atoms with van der Waals surface area (Å²) in [7, 11) is 1.79. The van der Waals surface area contributed by atoms with Gasteiger partial charge in [0.2, 0.25) is 5.06 Å². The number of hydrogen-bond donors (Lipinski definition) is 1. The molecule has 0 unspecified atom stereocenters. The normalized spacial score (nSPS) is 12.1. The van der Waals surface area contributed by atoms with Gasteiger partial charge >= 0.3 is 0 Å². The number of aryl methyl sites for hydroxylation is 2. The Bertz CT molecular complexity index is 1220. The summed E-state index contributed by atoms with van der Waals surface area (Å²) < 4.78 is 10.9. The molecule has 1 N–H and O–H groups in total. The molecule has 3 aromatic rings. The van der Waals surface area contributed by atoms with Crippen LogP contribution in [-0.4, -0.2) is 17.3 Å². The zero-order valence-electron chi connectivity index (χ0n) is 20.1. The van der Waals surface area contributed by atoms with Gasteiger partial charge in [0.25, 0.3) is 0 Å². The first-order valence-electron chi connectivity index (χ1n) is 10.8. The van der Waals surface area contributed by atoms with Crippen molar-refractivity contribution in [2.45, 2.75) is 47.0 Å². The fraction of sp³-hybridized carbons (Fsp3) is 0.346. The highest BCUT2D eigenvalue weighted by molar-refractivity contribution is 7.08. The highest BCUT2D eigenvalue weighted by Gasteiger charge is 2.32. The number of benzene rings is 2. The molecule has 0 atom stereocenters. The molecule has 0 saturated heterocycles. The van der Waals surface area contributed by atoms with Crippen molar-refractivity contribution in [3.05, 3.63) is 69.4 Å². The Hall–Kier alpha value is -2.88. The lowest BCUT2D eigenvalue weighted by molar-refractivity contribution is 0.489. The molecule has 2 aromatic carbocycles. The average molecular weight is 481 g/mol. The minimum Gasteiger partial charge on any atom is -0.443 e. The topological polar surface area (TPSA) is 70.3 Å². The molecule has 1 heterocycles. The summed E-state index contributed by atoms with van der Waals surface area (Å²) in [6.45, 7) is 12.3. The fourth-order valence-corrected chi connectivity index (χ4v) is 4.58. The summed E-state index contributed by atoms with van der Waals surface area (Å²) in [5.41, 5.74) is 4.68. The fourth-order valence-electron chi connectivity index (χ4n) is 3.60. The number of rotatable bonds is 6. The summed E-state index contributed by atoms with van der Waals surface area (Å²) in [5.74, 6) is 1.92. The molecule has 0 aliphatic rings. The number of nitrogens with one attached hydrogen (secondary N) is 1. The predicted molar refractivity (Wildman–Crippen MR) is 138 cm³/mol. The van der Waals surface area contributed by atoms with Crippen molar-refractivity contribution in [3.8, 4) is 16.9 Å². The minimum atomic E-state index is -0.473. The molecule has 5 nitrogen and oxygen atoms in total. The van der Waals surface area contributed by atoms with Gasteiger partial charge in [0.15, 0.2) is 0 Å². The second-order valence-corrected chi connectivity index (χ2v) is 10.0. The van der Waals surface area contributed by atoms with Crippen LogP contribution in [0.4, 0.5) is 5.69 Å². The minimum absolute atomic E-state index is 0.295. The lowest BCUT2D eigenvalue weighted by Gasteiger charge is -2.23. The zero-order valence-corrected chi connectivity index (χ0v) is 21.6. The maximum atomic E-state index is 9.96.